The number of piperidine rings is 2. The number of ether oxygens (including phenoxy) is 2. The number of benzene rings is 2. The van der Waals surface area contributed by atoms with E-state index in [-0.39, 0.29) is 18.8 Å². The quantitative estimate of drug-likeness (QED) is 0.486. The Labute approximate surface area is 225 Å². The van der Waals surface area contributed by atoms with E-state index in [2.05, 4.69) is 0 Å². The second kappa shape index (κ2) is 16.5. The monoisotopic (exact) mass is 524 g/mol. The molecule has 0 bridgehead atoms. The van der Waals surface area contributed by atoms with Gasteiger partial charge in [0.05, 0.1) is 0 Å². The van der Waals surface area contributed by atoms with Crippen molar-refractivity contribution in [2.75, 3.05) is 32.8 Å². The molecule has 0 spiro atoms. The first-order valence-electron chi connectivity index (χ1n) is 13.5. The number of aliphatic hydroxyl groups excluding tert-OH is 1. The van der Waals surface area contributed by atoms with E-state index in [0.717, 1.165) is 62.6 Å². The van der Waals surface area contributed by atoms with E-state index in [1.54, 1.807) is 9.80 Å². The zero-order valence-electron chi connectivity index (χ0n) is 22.1. The van der Waals surface area contributed by atoms with Gasteiger partial charge in [0.2, 0.25) is 0 Å². The van der Waals surface area contributed by atoms with Crippen molar-refractivity contribution in [2.24, 2.45) is 11.8 Å². The van der Waals surface area contributed by atoms with E-state index in [4.69, 9.17) is 14.6 Å². The van der Waals surface area contributed by atoms with Gasteiger partial charge in [-0.05, 0) is 55.1 Å². The topological polar surface area (TPSA) is 96.4 Å². The third kappa shape index (κ3) is 10.2. The molecular formula is C30H40N2O6. The Kier molecular flexibility index (Phi) is 12.6. The SMILES string of the molecule is O=C(OCc1ccccc1)N1CCC(CCO)CC1.O=CCC1CCN(C(=O)OCc2ccccc2)CC1. The highest BCUT2D eigenvalue weighted by Crippen LogP contribution is 2.21. The maximum Gasteiger partial charge on any atom is 0.410 e. The number of rotatable bonds is 8. The third-order valence-corrected chi connectivity index (χ3v) is 7.12. The summed E-state index contributed by atoms with van der Waals surface area (Å²) < 4.78 is 10.6. The Morgan fingerprint density at radius 2 is 1.16 bits per heavy atom. The van der Waals surface area contributed by atoms with Crippen LogP contribution in [0.15, 0.2) is 60.7 Å². The first kappa shape index (κ1) is 29.2. The van der Waals surface area contributed by atoms with Crippen molar-refractivity contribution in [1.82, 2.24) is 9.80 Å². The predicted molar refractivity (Wildman–Crippen MR) is 144 cm³/mol. The van der Waals surface area contributed by atoms with Crippen LogP contribution in [-0.2, 0) is 27.5 Å². The summed E-state index contributed by atoms with van der Waals surface area (Å²) in [4.78, 5) is 37.7. The minimum Gasteiger partial charge on any atom is -0.445 e. The first-order chi connectivity index (χ1) is 18.6. The molecule has 2 heterocycles. The molecular weight excluding hydrogens is 484 g/mol. The molecule has 2 saturated heterocycles. The van der Waals surface area contributed by atoms with E-state index in [0.29, 0.717) is 44.6 Å². The van der Waals surface area contributed by atoms with Crippen molar-refractivity contribution in [3.05, 3.63) is 71.8 Å². The summed E-state index contributed by atoms with van der Waals surface area (Å²) in [6.07, 6.45) is 5.62. The van der Waals surface area contributed by atoms with Gasteiger partial charge in [-0.15, -0.1) is 0 Å². The predicted octanol–water partition coefficient (Wildman–Crippen LogP) is 5.04. The molecule has 38 heavy (non-hydrogen) atoms. The van der Waals surface area contributed by atoms with Crippen LogP contribution in [0.3, 0.4) is 0 Å². The van der Waals surface area contributed by atoms with E-state index < -0.39 is 0 Å². The standard InChI is InChI=1S/C15H21NO3.C15H19NO3/c2*17-11-8-13-6-9-16(10-7-13)15(18)19-12-14-4-2-1-3-5-14/h1-5,13,17H,6-12H2;1-5,11,13H,6-10,12H2. The molecule has 0 aliphatic carbocycles. The fourth-order valence-corrected chi connectivity index (χ4v) is 4.70. The zero-order valence-corrected chi connectivity index (χ0v) is 22.1. The van der Waals surface area contributed by atoms with Gasteiger partial charge in [-0.25, -0.2) is 9.59 Å². The van der Waals surface area contributed by atoms with Crippen LogP contribution in [-0.4, -0.2) is 66.2 Å². The van der Waals surface area contributed by atoms with Gasteiger partial charge in [-0.2, -0.15) is 0 Å². The molecule has 2 aliphatic heterocycles. The molecule has 8 nitrogen and oxygen atoms in total. The maximum absolute atomic E-state index is 11.9. The molecule has 4 rings (SSSR count). The Bertz CT molecular complexity index is 955. The molecule has 0 atom stereocenters. The number of carbonyl (C=O) groups is 3. The first-order valence-corrected chi connectivity index (χ1v) is 13.5. The molecule has 2 aromatic carbocycles. The second-order valence-electron chi connectivity index (χ2n) is 9.86. The normalized spacial score (nSPS) is 16.2. The molecule has 0 radical (unpaired) electrons. The van der Waals surface area contributed by atoms with Gasteiger partial charge in [-0.3, -0.25) is 0 Å². The van der Waals surface area contributed by atoms with Crippen molar-refractivity contribution in [1.29, 1.82) is 0 Å². The Morgan fingerprint density at radius 3 is 1.55 bits per heavy atom. The lowest BCUT2D eigenvalue weighted by Crippen LogP contribution is -2.38. The highest BCUT2D eigenvalue weighted by Gasteiger charge is 2.24. The van der Waals surface area contributed by atoms with Crippen LogP contribution in [0, 0.1) is 11.8 Å². The highest BCUT2D eigenvalue weighted by molar-refractivity contribution is 5.68. The van der Waals surface area contributed by atoms with Crippen LogP contribution in [0.25, 0.3) is 0 Å². The van der Waals surface area contributed by atoms with Crippen LogP contribution in [0.4, 0.5) is 9.59 Å². The fraction of sp³-hybridized carbons (Fsp3) is 0.500. The summed E-state index contributed by atoms with van der Waals surface area (Å²) in [5, 5.41) is 8.90. The molecule has 2 aliphatic rings. The van der Waals surface area contributed by atoms with E-state index in [1.807, 2.05) is 60.7 Å². The number of likely N-dealkylation sites (tertiary alicyclic amines) is 2. The lowest BCUT2D eigenvalue weighted by molar-refractivity contribution is -0.108. The van der Waals surface area contributed by atoms with Gasteiger partial charge in [0, 0.05) is 39.2 Å². The summed E-state index contributed by atoms with van der Waals surface area (Å²) in [5.41, 5.74) is 2.00. The van der Waals surface area contributed by atoms with E-state index in [1.165, 1.54) is 0 Å². The molecule has 1 N–H and O–H groups in total. The van der Waals surface area contributed by atoms with Crippen LogP contribution >= 0.6 is 0 Å². The highest BCUT2D eigenvalue weighted by atomic mass is 16.6. The lowest BCUT2D eigenvalue weighted by atomic mass is 9.94. The average Bonchev–Trinajstić information content (AvgIpc) is 2.97. The lowest BCUT2D eigenvalue weighted by Gasteiger charge is -2.31. The van der Waals surface area contributed by atoms with Crippen molar-refractivity contribution < 1.29 is 29.0 Å². The molecule has 2 amide bonds. The van der Waals surface area contributed by atoms with Gasteiger partial charge in [0.15, 0.2) is 0 Å². The summed E-state index contributed by atoms with van der Waals surface area (Å²) in [6.45, 7) is 3.72. The minimum atomic E-state index is -0.256. The van der Waals surface area contributed by atoms with Gasteiger partial charge in [0.1, 0.15) is 19.5 Å². The van der Waals surface area contributed by atoms with Gasteiger partial charge >= 0.3 is 12.2 Å². The van der Waals surface area contributed by atoms with Crippen molar-refractivity contribution in [3.63, 3.8) is 0 Å². The molecule has 0 saturated carbocycles. The minimum absolute atomic E-state index is 0.230. The zero-order chi connectivity index (χ0) is 27.0. The summed E-state index contributed by atoms with van der Waals surface area (Å²) in [7, 11) is 0. The van der Waals surface area contributed by atoms with Crippen LogP contribution in [0.5, 0.6) is 0 Å². The summed E-state index contributed by atoms with van der Waals surface area (Å²) in [5.74, 6) is 0.971. The number of hydrogen-bond acceptors (Lipinski definition) is 6. The molecule has 0 aromatic heterocycles. The largest absolute Gasteiger partial charge is 0.445 e. The van der Waals surface area contributed by atoms with E-state index in [9.17, 15) is 14.4 Å². The van der Waals surface area contributed by atoms with Crippen LogP contribution in [0.2, 0.25) is 0 Å². The van der Waals surface area contributed by atoms with Gasteiger partial charge in [0.25, 0.3) is 0 Å². The van der Waals surface area contributed by atoms with Gasteiger partial charge < -0.3 is 29.2 Å². The molecule has 2 fully saturated rings. The number of aldehydes is 1. The maximum atomic E-state index is 11.9. The second-order valence-corrected chi connectivity index (χ2v) is 9.86. The van der Waals surface area contributed by atoms with Crippen molar-refractivity contribution >= 4 is 18.5 Å². The Morgan fingerprint density at radius 1 is 0.737 bits per heavy atom. The average molecular weight is 525 g/mol. The van der Waals surface area contributed by atoms with Crippen molar-refractivity contribution in [2.45, 2.75) is 51.7 Å². The third-order valence-electron chi connectivity index (χ3n) is 7.12. The molecule has 2 aromatic rings. The fourth-order valence-electron chi connectivity index (χ4n) is 4.70. The smallest absolute Gasteiger partial charge is 0.410 e. The number of aliphatic hydroxyl groups is 1. The number of nitrogens with zero attached hydrogens (tertiary/aromatic N) is 2. The Hall–Kier alpha value is -3.39. The summed E-state index contributed by atoms with van der Waals surface area (Å²) in [6, 6.07) is 19.4. The van der Waals surface area contributed by atoms with Crippen LogP contribution < -0.4 is 0 Å². The van der Waals surface area contributed by atoms with Crippen molar-refractivity contribution in [3.8, 4) is 0 Å². The number of carbonyl (C=O) groups excluding carboxylic acids is 3. The molecule has 8 heteroatoms. The molecule has 0 unspecified atom stereocenters. The number of hydrogen-bond donors (Lipinski definition) is 1. The summed E-state index contributed by atoms with van der Waals surface area (Å²) >= 11 is 0. The number of amides is 2. The van der Waals surface area contributed by atoms with Crippen LogP contribution in [0.1, 0.15) is 49.7 Å². The Balaban J connectivity index is 0.000000211. The van der Waals surface area contributed by atoms with E-state index >= 15 is 0 Å². The molecule has 206 valence electrons. The van der Waals surface area contributed by atoms with Gasteiger partial charge in [-0.1, -0.05) is 60.7 Å².